The average molecular weight is 1940 g/mol. The van der Waals surface area contributed by atoms with E-state index in [9.17, 15) is 14.4 Å². The van der Waals surface area contributed by atoms with Gasteiger partial charge >= 0.3 is 0 Å². The van der Waals surface area contributed by atoms with Crippen LogP contribution in [0.25, 0.3) is 88.5 Å². The number of benzene rings is 8. The van der Waals surface area contributed by atoms with Crippen molar-refractivity contribution in [3.63, 3.8) is 0 Å². The van der Waals surface area contributed by atoms with Crippen LogP contribution in [0.5, 0.6) is 0 Å². The van der Waals surface area contributed by atoms with Gasteiger partial charge in [0.25, 0.3) is 0 Å². The van der Waals surface area contributed by atoms with Crippen LogP contribution in [-0.2, 0) is 100 Å². The Morgan fingerprint density at radius 2 is 0.763 bits per heavy atom. The van der Waals surface area contributed by atoms with Gasteiger partial charge in [-0.1, -0.05) is 112 Å². The predicted molar refractivity (Wildman–Crippen MR) is 362 cm³/mol. The second-order valence-electron chi connectivity index (χ2n) is 21.2. The molecule has 12 rings (SSSR count). The molecule has 0 unspecified atom stereocenters. The van der Waals surface area contributed by atoms with Crippen molar-refractivity contribution in [3.8, 4) is 45.0 Å². The summed E-state index contributed by atoms with van der Waals surface area (Å²) >= 11 is 0. The number of hydrogen-bond donors (Lipinski definition) is 3. The molecule has 0 aliphatic heterocycles. The Labute approximate surface area is 599 Å². The third-order valence-electron chi connectivity index (χ3n) is 12.5. The molecule has 0 saturated heterocycles. The van der Waals surface area contributed by atoms with E-state index in [-0.39, 0.29) is 120 Å². The van der Waals surface area contributed by atoms with Gasteiger partial charge in [-0.05, 0) is 121 Å². The summed E-state index contributed by atoms with van der Waals surface area (Å²) in [4.78, 5) is 52.6. The van der Waals surface area contributed by atoms with Gasteiger partial charge in [-0.15, -0.1) is 143 Å². The number of aliphatic hydroxyl groups excluding tert-OH is 3. The van der Waals surface area contributed by atoms with Crippen LogP contribution >= 0.6 is 0 Å². The molecule has 484 valence electrons. The molecule has 0 atom stereocenters. The number of rotatable bonds is 7. The van der Waals surface area contributed by atoms with E-state index < -0.39 is 0 Å². The molecule has 0 spiro atoms. The first-order chi connectivity index (χ1) is 42.7. The average Bonchev–Trinajstić information content (AvgIpc) is 1.51. The fourth-order valence-electron chi connectivity index (χ4n) is 8.54. The van der Waals surface area contributed by atoms with Gasteiger partial charge in [0.05, 0.1) is 33.8 Å². The molecule has 11 nitrogen and oxygen atoms in total. The molecular formula is C78H71Ir4N5O6-4. The summed E-state index contributed by atoms with van der Waals surface area (Å²) in [7, 11) is 0. The molecule has 4 heterocycles. The smallest absolute Gasteiger partial charge is 0.155 e. The number of para-hydroxylation sites is 3. The molecule has 0 bridgehead atoms. The Morgan fingerprint density at radius 1 is 0.376 bits per heavy atom. The third-order valence-corrected chi connectivity index (χ3v) is 12.5. The summed E-state index contributed by atoms with van der Waals surface area (Å²) in [5, 5.41) is 31.0. The van der Waals surface area contributed by atoms with Gasteiger partial charge in [-0.25, -0.2) is 0 Å². The van der Waals surface area contributed by atoms with Crippen LogP contribution < -0.4 is 0 Å². The molecule has 0 saturated carbocycles. The molecule has 0 fully saturated rings. The summed E-state index contributed by atoms with van der Waals surface area (Å²) < 4.78 is 0. The van der Waals surface area contributed by atoms with E-state index in [0.29, 0.717) is 0 Å². The fourth-order valence-corrected chi connectivity index (χ4v) is 8.54. The van der Waals surface area contributed by atoms with E-state index >= 15 is 0 Å². The topological polar surface area (TPSA) is 176 Å². The van der Waals surface area contributed by atoms with Crippen LogP contribution in [0.15, 0.2) is 266 Å². The van der Waals surface area contributed by atoms with Crippen LogP contribution in [0.4, 0.5) is 0 Å². The Balaban J connectivity index is 0.000000380. The minimum atomic E-state index is -0.125. The maximum atomic E-state index is 10.0. The van der Waals surface area contributed by atoms with Gasteiger partial charge in [-0.2, -0.15) is 0 Å². The number of aliphatic hydroxyl groups is 3. The second kappa shape index (κ2) is 41.9. The van der Waals surface area contributed by atoms with E-state index in [0.717, 1.165) is 61.6 Å². The zero-order valence-electron chi connectivity index (χ0n) is 52.8. The SMILES string of the molecule is CC(=O)C=C(C)O.CC(=O)C=C(C)O.CC(=O)C=C(C)O.CC(C)(C)c1c[c-]c(-c2nccc3ccccc23)cc1.[Ir].[Ir].[Ir].[Ir].[c-]1ccccc1-c1ccc2ccccc2n1.[c-]1ccccc1-c1cnc2ccccc2n1.[c-]1ccccc1-c1nccc2ccccc12. The number of fused-ring (bicyclic) bond motifs is 4. The van der Waals surface area contributed by atoms with Crippen molar-refractivity contribution < 1.29 is 110 Å². The molecule has 93 heavy (non-hydrogen) atoms. The molecular weight excluding hydrogens is 1870 g/mol. The first-order valence-electron chi connectivity index (χ1n) is 28.6. The molecule has 0 aliphatic rings. The Kier molecular flexibility index (Phi) is 36.4. The number of aromatic nitrogens is 5. The number of hydrogen-bond acceptors (Lipinski definition) is 11. The predicted octanol–water partition coefficient (Wildman–Crippen LogP) is 18.6. The summed E-state index contributed by atoms with van der Waals surface area (Å²) in [6, 6.07) is 83.7. The molecule has 4 radical (unpaired) electrons. The summed E-state index contributed by atoms with van der Waals surface area (Å²) in [5.74, 6) is -0.187. The van der Waals surface area contributed by atoms with Crippen molar-refractivity contribution >= 4 is 60.8 Å². The molecule has 12 aromatic rings. The standard InChI is InChI=1S/C19H18N.2C15H10N.C14H9N2.3C5H8O2.4Ir/c1-19(2,3)16-10-8-15(9-11-16)18-17-7-5-4-6-14(17)12-13-20-18;1-2-7-13(8-3-1)15-14-9-5-4-6-12(14)10-11-16-15;1-2-6-12(7-3-1)15-11-10-13-8-4-5-9-14(13)16-15;1-2-6-11(7-3-1)14-10-15-12-8-4-5-9-13(12)16-14;3*1-4(6)3-5(2)7;;;;/h4-8,10-13H,1-3H3;1-7,9-11H;1-6,8-11H;1-6,8-10H;3*3,6H,1-2H3;;;;/q4*-1;;;;;;;. The van der Waals surface area contributed by atoms with Gasteiger partial charge in [0.2, 0.25) is 0 Å². The largest absolute Gasteiger partial charge is 0.512 e. The van der Waals surface area contributed by atoms with Crippen LogP contribution in [0.2, 0.25) is 0 Å². The van der Waals surface area contributed by atoms with Crippen molar-refractivity contribution in [3.05, 3.63) is 296 Å². The van der Waals surface area contributed by atoms with Crippen molar-refractivity contribution in [1.82, 2.24) is 24.9 Å². The Morgan fingerprint density at radius 3 is 1.17 bits per heavy atom. The first kappa shape index (κ1) is 80.7. The number of pyridine rings is 3. The van der Waals surface area contributed by atoms with Crippen molar-refractivity contribution in [2.24, 2.45) is 0 Å². The molecule has 0 aliphatic carbocycles. The molecule has 8 aromatic carbocycles. The molecule has 0 amide bonds. The number of carbonyl (C=O) groups is 3. The van der Waals surface area contributed by atoms with Crippen LogP contribution in [-0.4, -0.2) is 57.6 Å². The van der Waals surface area contributed by atoms with Crippen molar-refractivity contribution in [2.75, 3.05) is 0 Å². The van der Waals surface area contributed by atoms with E-state index in [2.05, 4.69) is 137 Å². The van der Waals surface area contributed by atoms with E-state index in [1.54, 1.807) is 6.20 Å². The number of ketones is 3. The van der Waals surface area contributed by atoms with E-state index in [1.807, 2.05) is 158 Å². The van der Waals surface area contributed by atoms with Crippen LogP contribution in [0.1, 0.15) is 67.9 Å². The van der Waals surface area contributed by atoms with Crippen LogP contribution in [0, 0.1) is 24.3 Å². The third kappa shape index (κ3) is 27.7. The van der Waals surface area contributed by atoms with Crippen molar-refractivity contribution in [2.45, 2.75) is 67.7 Å². The summed E-state index contributed by atoms with van der Waals surface area (Å²) in [6.45, 7) is 15.2. The van der Waals surface area contributed by atoms with Gasteiger partial charge in [0.15, 0.2) is 17.3 Å². The van der Waals surface area contributed by atoms with Gasteiger partial charge in [0.1, 0.15) is 0 Å². The Bertz CT molecular complexity index is 4140. The molecule has 3 N–H and O–H groups in total. The van der Waals surface area contributed by atoms with Gasteiger partial charge < -0.3 is 25.3 Å². The fraction of sp³-hybridized carbons (Fsp3) is 0.128. The quantitative estimate of drug-likeness (QED) is 0.0786. The number of carbonyl (C=O) groups excluding carboxylic acids is 3. The maximum Gasteiger partial charge on any atom is 0.155 e. The minimum Gasteiger partial charge on any atom is -0.512 e. The second-order valence-corrected chi connectivity index (χ2v) is 21.2. The summed E-state index contributed by atoms with van der Waals surface area (Å²) in [6.07, 6.45) is 9.00. The van der Waals surface area contributed by atoms with Gasteiger partial charge in [0, 0.05) is 123 Å². The number of nitrogens with zero attached hydrogens (tertiary/aromatic N) is 5. The zero-order valence-corrected chi connectivity index (χ0v) is 62.4. The van der Waals surface area contributed by atoms with E-state index in [4.69, 9.17) is 15.3 Å². The normalized spacial score (nSPS) is 10.5. The minimum absolute atomic E-state index is 0. The van der Waals surface area contributed by atoms with Crippen molar-refractivity contribution in [1.29, 1.82) is 0 Å². The monoisotopic (exact) mass is 1950 g/mol. The molecule has 4 aromatic heterocycles. The van der Waals surface area contributed by atoms with Crippen LogP contribution in [0.3, 0.4) is 0 Å². The maximum absolute atomic E-state index is 10.0. The van der Waals surface area contributed by atoms with E-state index in [1.165, 1.54) is 92.3 Å². The van der Waals surface area contributed by atoms with Gasteiger partial charge in [-0.3, -0.25) is 29.3 Å². The Hall–Kier alpha value is -8.44. The zero-order chi connectivity index (χ0) is 64.1. The number of allylic oxidation sites excluding steroid dienone is 6. The summed E-state index contributed by atoms with van der Waals surface area (Å²) in [5.41, 5.74) is 12.2. The first-order valence-corrected chi connectivity index (χ1v) is 28.6. The molecule has 15 heteroatoms.